The highest BCUT2D eigenvalue weighted by molar-refractivity contribution is 8.41. The summed E-state index contributed by atoms with van der Waals surface area (Å²) in [7, 11) is 0. The highest BCUT2D eigenvalue weighted by atomic mass is 32.2. The molecule has 0 bridgehead atoms. The molecule has 0 saturated carbocycles. The summed E-state index contributed by atoms with van der Waals surface area (Å²) in [6.07, 6.45) is 0. The third-order valence-corrected chi connectivity index (χ3v) is 2.95. The van der Waals surface area contributed by atoms with Crippen LogP contribution in [0.3, 0.4) is 0 Å². The predicted molar refractivity (Wildman–Crippen MR) is 64.1 cm³/mol. The van der Waals surface area contributed by atoms with Crippen LogP contribution in [0.25, 0.3) is 0 Å². The van der Waals surface area contributed by atoms with Crippen molar-refractivity contribution < 1.29 is 0 Å². The van der Waals surface area contributed by atoms with Crippen molar-refractivity contribution in [2.24, 2.45) is 0 Å². The van der Waals surface area contributed by atoms with E-state index in [0.29, 0.717) is 3.53 Å². The number of thioether (sulfide) groups is 1. The number of benzene rings is 1. The van der Waals surface area contributed by atoms with Crippen molar-refractivity contribution >= 4 is 40.1 Å². The standard InChI is InChI=1S/C9H10S3/c1-7-2-4-8(5-3-7)6-12-9(10)11/h2-5H,6H2,1H3,(H,10,11). The lowest BCUT2D eigenvalue weighted by Crippen LogP contribution is -1.82. The van der Waals surface area contributed by atoms with Gasteiger partial charge in [-0.3, -0.25) is 0 Å². The molecule has 0 spiro atoms. The van der Waals surface area contributed by atoms with Gasteiger partial charge in [0, 0.05) is 5.75 Å². The van der Waals surface area contributed by atoms with Crippen molar-refractivity contribution in [3.05, 3.63) is 35.4 Å². The highest BCUT2D eigenvalue weighted by Gasteiger charge is 1.94. The lowest BCUT2D eigenvalue weighted by Gasteiger charge is -1.99. The van der Waals surface area contributed by atoms with Gasteiger partial charge < -0.3 is 0 Å². The minimum Gasteiger partial charge on any atom is -0.125 e. The van der Waals surface area contributed by atoms with Crippen molar-refractivity contribution in [3.63, 3.8) is 0 Å². The van der Waals surface area contributed by atoms with Crippen LogP contribution in [0.2, 0.25) is 0 Å². The van der Waals surface area contributed by atoms with Gasteiger partial charge in [0.1, 0.15) is 3.53 Å². The van der Waals surface area contributed by atoms with E-state index in [1.165, 1.54) is 11.1 Å². The molecule has 0 aliphatic rings. The number of rotatable bonds is 2. The van der Waals surface area contributed by atoms with Crippen molar-refractivity contribution in [1.82, 2.24) is 0 Å². The zero-order valence-electron chi connectivity index (χ0n) is 6.78. The van der Waals surface area contributed by atoms with Crippen LogP contribution >= 0.6 is 36.6 Å². The normalized spacial score (nSPS) is 9.83. The molecule has 0 fully saturated rings. The fourth-order valence-corrected chi connectivity index (χ4v) is 1.68. The average Bonchev–Trinajstić information content (AvgIpc) is 2.03. The van der Waals surface area contributed by atoms with Gasteiger partial charge in [-0.05, 0) is 12.5 Å². The molecule has 0 heterocycles. The van der Waals surface area contributed by atoms with Gasteiger partial charge in [-0.15, -0.1) is 24.4 Å². The Bertz CT molecular complexity index is 264. The molecule has 0 aliphatic carbocycles. The number of hydrogen-bond donors (Lipinski definition) is 1. The molecule has 0 amide bonds. The summed E-state index contributed by atoms with van der Waals surface area (Å²) in [5.41, 5.74) is 2.58. The molecule has 1 aromatic rings. The molecule has 1 aromatic carbocycles. The first kappa shape index (κ1) is 10.1. The van der Waals surface area contributed by atoms with Crippen molar-refractivity contribution in [2.45, 2.75) is 12.7 Å². The first-order valence-corrected chi connectivity index (χ1v) is 5.44. The Morgan fingerprint density at radius 1 is 1.42 bits per heavy atom. The van der Waals surface area contributed by atoms with Crippen molar-refractivity contribution in [3.8, 4) is 0 Å². The molecular formula is C9H10S3. The molecule has 1 rings (SSSR count). The maximum atomic E-state index is 4.85. The Balaban J connectivity index is 2.53. The Kier molecular flexibility index (Phi) is 4.12. The molecule has 0 nitrogen and oxygen atoms in total. The molecule has 0 aliphatic heterocycles. The summed E-state index contributed by atoms with van der Waals surface area (Å²) in [5.74, 6) is 0.919. The van der Waals surface area contributed by atoms with E-state index in [9.17, 15) is 0 Å². The molecule has 3 heteroatoms. The zero-order valence-corrected chi connectivity index (χ0v) is 9.31. The second-order valence-electron chi connectivity index (χ2n) is 2.54. The first-order chi connectivity index (χ1) is 5.68. The Hall–Kier alpha value is 0.01000. The topological polar surface area (TPSA) is 0 Å². The van der Waals surface area contributed by atoms with E-state index in [-0.39, 0.29) is 0 Å². The summed E-state index contributed by atoms with van der Waals surface area (Å²) < 4.78 is 0.704. The fraction of sp³-hybridized carbons (Fsp3) is 0.222. The van der Waals surface area contributed by atoms with E-state index >= 15 is 0 Å². The van der Waals surface area contributed by atoms with Gasteiger partial charge in [-0.25, -0.2) is 0 Å². The SMILES string of the molecule is Cc1ccc(CSC(=S)S)cc1. The Morgan fingerprint density at radius 3 is 2.50 bits per heavy atom. The monoisotopic (exact) mass is 214 g/mol. The van der Waals surface area contributed by atoms with Crippen molar-refractivity contribution in [1.29, 1.82) is 0 Å². The predicted octanol–water partition coefficient (Wildman–Crippen LogP) is 3.44. The van der Waals surface area contributed by atoms with Gasteiger partial charge in [-0.2, -0.15) is 0 Å². The van der Waals surface area contributed by atoms with Gasteiger partial charge in [0.25, 0.3) is 0 Å². The van der Waals surface area contributed by atoms with Gasteiger partial charge in [0.05, 0.1) is 0 Å². The number of thiocarbonyl (C=S) groups is 1. The smallest absolute Gasteiger partial charge is 0.101 e. The van der Waals surface area contributed by atoms with E-state index in [0.717, 1.165) is 5.75 Å². The summed E-state index contributed by atoms with van der Waals surface area (Å²) in [4.78, 5) is 0. The summed E-state index contributed by atoms with van der Waals surface area (Å²) in [6, 6.07) is 8.46. The molecule has 64 valence electrons. The lowest BCUT2D eigenvalue weighted by atomic mass is 10.2. The second kappa shape index (κ2) is 4.90. The Labute approximate surface area is 88.2 Å². The average molecular weight is 214 g/mol. The molecule has 0 unspecified atom stereocenters. The highest BCUT2D eigenvalue weighted by Crippen LogP contribution is 2.15. The van der Waals surface area contributed by atoms with Crippen molar-refractivity contribution in [2.75, 3.05) is 0 Å². The largest absolute Gasteiger partial charge is 0.125 e. The van der Waals surface area contributed by atoms with E-state index in [4.69, 9.17) is 12.2 Å². The summed E-state index contributed by atoms with van der Waals surface area (Å²) in [6.45, 7) is 2.08. The van der Waals surface area contributed by atoms with Crippen LogP contribution in [0.15, 0.2) is 24.3 Å². The Morgan fingerprint density at radius 2 is 2.00 bits per heavy atom. The number of thiol groups is 1. The number of aryl methyl sites for hydroxylation is 1. The van der Waals surface area contributed by atoms with Gasteiger partial charge >= 0.3 is 0 Å². The van der Waals surface area contributed by atoms with Gasteiger partial charge in [-0.1, -0.05) is 42.0 Å². The maximum Gasteiger partial charge on any atom is 0.101 e. The van der Waals surface area contributed by atoms with Crippen LogP contribution in [-0.2, 0) is 5.75 Å². The first-order valence-electron chi connectivity index (χ1n) is 3.60. The minimum atomic E-state index is 0.704. The van der Waals surface area contributed by atoms with Crippen LogP contribution in [-0.4, -0.2) is 3.53 Å². The van der Waals surface area contributed by atoms with E-state index < -0.39 is 0 Å². The molecule has 0 atom stereocenters. The quantitative estimate of drug-likeness (QED) is 0.591. The minimum absolute atomic E-state index is 0.704. The van der Waals surface area contributed by atoms with E-state index in [1.54, 1.807) is 11.8 Å². The molecular weight excluding hydrogens is 204 g/mol. The molecule has 0 saturated heterocycles. The maximum absolute atomic E-state index is 4.85. The van der Waals surface area contributed by atoms with E-state index in [1.807, 2.05) is 0 Å². The van der Waals surface area contributed by atoms with E-state index in [2.05, 4.69) is 43.8 Å². The number of hydrogen-bond acceptors (Lipinski definition) is 2. The van der Waals surface area contributed by atoms with Crippen LogP contribution < -0.4 is 0 Å². The molecule has 0 N–H and O–H groups in total. The fourth-order valence-electron chi connectivity index (χ4n) is 0.829. The summed E-state index contributed by atoms with van der Waals surface area (Å²) >= 11 is 10.5. The van der Waals surface area contributed by atoms with Gasteiger partial charge in [0.15, 0.2) is 0 Å². The molecule has 0 aromatic heterocycles. The third-order valence-electron chi connectivity index (χ3n) is 1.48. The second-order valence-corrected chi connectivity index (χ2v) is 5.24. The van der Waals surface area contributed by atoms with Crippen LogP contribution in [0.5, 0.6) is 0 Å². The third kappa shape index (κ3) is 3.61. The van der Waals surface area contributed by atoms with Crippen LogP contribution in [0.4, 0.5) is 0 Å². The zero-order chi connectivity index (χ0) is 8.97. The van der Waals surface area contributed by atoms with Crippen LogP contribution in [0, 0.1) is 6.92 Å². The molecule has 0 radical (unpaired) electrons. The van der Waals surface area contributed by atoms with Gasteiger partial charge in [0.2, 0.25) is 0 Å². The summed E-state index contributed by atoms with van der Waals surface area (Å²) in [5, 5.41) is 0. The van der Waals surface area contributed by atoms with Crippen LogP contribution in [0.1, 0.15) is 11.1 Å². The lowest BCUT2D eigenvalue weighted by molar-refractivity contribution is 1.37. The molecule has 12 heavy (non-hydrogen) atoms.